The summed E-state index contributed by atoms with van der Waals surface area (Å²) in [5.41, 5.74) is 1.36. The molecule has 1 aliphatic heterocycles. The quantitative estimate of drug-likeness (QED) is 0.781. The maximum atomic E-state index is 13.0. The molecule has 0 bridgehead atoms. The number of rotatable bonds is 2. The number of hydrogen-bond acceptors (Lipinski definition) is 2. The first kappa shape index (κ1) is 13.5. The molecule has 0 spiro atoms. The normalized spacial score (nSPS) is 23.4. The van der Waals surface area contributed by atoms with Crippen LogP contribution in [0.15, 0.2) is 18.2 Å². The van der Waals surface area contributed by atoms with Gasteiger partial charge in [0.2, 0.25) is 0 Å². The zero-order valence-corrected chi connectivity index (χ0v) is 13.1. The lowest BCUT2D eigenvalue weighted by atomic mass is 9.82. The fourth-order valence-electron chi connectivity index (χ4n) is 1.97. The van der Waals surface area contributed by atoms with Gasteiger partial charge in [-0.3, -0.25) is 0 Å². The smallest absolute Gasteiger partial charge is 0.124 e. The van der Waals surface area contributed by atoms with Crippen LogP contribution in [0.5, 0.6) is 0 Å². The molecule has 1 aliphatic rings. The summed E-state index contributed by atoms with van der Waals surface area (Å²) in [6.45, 7) is 4.61. The molecular formula is C13H17FINS. The zero-order valence-electron chi connectivity index (χ0n) is 10.1. The highest BCUT2D eigenvalue weighted by molar-refractivity contribution is 14.1. The minimum atomic E-state index is -0.169. The summed E-state index contributed by atoms with van der Waals surface area (Å²) in [6, 6.07) is 5.39. The Kier molecular flexibility index (Phi) is 4.23. The second-order valence-electron chi connectivity index (χ2n) is 5.13. The van der Waals surface area contributed by atoms with Crippen LogP contribution in [-0.2, 0) is 0 Å². The molecule has 1 aromatic carbocycles. The molecule has 1 aromatic rings. The van der Waals surface area contributed by atoms with Gasteiger partial charge in [-0.2, -0.15) is 11.8 Å². The van der Waals surface area contributed by atoms with Crippen LogP contribution in [-0.4, -0.2) is 17.5 Å². The van der Waals surface area contributed by atoms with E-state index in [1.54, 1.807) is 6.07 Å². The third kappa shape index (κ3) is 3.28. The lowest BCUT2D eigenvalue weighted by molar-refractivity contribution is 0.305. The van der Waals surface area contributed by atoms with E-state index in [1.807, 2.05) is 17.8 Å². The van der Waals surface area contributed by atoms with Gasteiger partial charge in [-0.1, -0.05) is 13.8 Å². The van der Waals surface area contributed by atoms with E-state index < -0.39 is 0 Å². The predicted molar refractivity (Wildman–Crippen MR) is 82.3 cm³/mol. The molecule has 0 aliphatic carbocycles. The number of halogens is 2. The van der Waals surface area contributed by atoms with E-state index >= 15 is 0 Å². The average molecular weight is 365 g/mol. The van der Waals surface area contributed by atoms with E-state index in [0.29, 0.717) is 11.5 Å². The van der Waals surface area contributed by atoms with Crippen LogP contribution in [0, 0.1) is 14.8 Å². The van der Waals surface area contributed by atoms with Crippen LogP contribution in [0.3, 0.4) is 0 Å². The number of benzene rings is 1. The van der Waals surface area contributed by atoms with Gasteiger partial charge >= 0.3 is 0 Å². The Labute approximate surface area is 120 Å². The molecule has 0 radical (unpaired) electrons. The fraction of sp³-hybridized carbons (Fsp3) is 0.538. The van der Waals surface area contributed by atoms with Gasteiger partial charge in [-0.15, -0.1) is 0 Å². The number of hydrogen-bond donors (Lipinski definition) is 1. The second-order valence-corrected chi connectivity index (χ2v) is 7.45. The number of anilines is 1. The van der Waals surface area contributed by atoms with E-state index in [0.717, 1.165) is 15.0 Å². The van der Waals surface area contributed by atoms with Crippen LogP contribution in [0.1, 0.15) is 20.3 Å². The van der Waals surface area contributed by atoms with Gasteiger partial charge < -0.3 is 5.32 Å². The third-order valence-corrected chi connectivity index (χ3v) is 5.33. The molecule has 1 heterocycles. The maximum absolute atomic E-state index is 13.0. The summed E-state index contributed by atoms with van der Waals surface area (Å²) in [7, 11) is 0. The summed E-state index contributed by atoms with van der Waals surface area (Å²) in [6.07, 6.45) is 1.23. The largest absolute Gasteiger partial charge is 0.380 e. The highest BCUT2D eigenvalue weighted by Crippen LogP contribution is 2.36. The molecule has 1 N–H and O–H groups in total. The van der Waals surface area contributed by atoms with Crippen LogP contribution < -0.4 is 5.32 Å². The van der Waals surface area contributed by atoms with Gasteiger partial charge in [-0.25, -0.2) is 4.39 Å². The minimum Gasteiger partial charge on any atom is -0.380 e. The molecule has 1 fully saturated rings. The highest BCUT2D eigenvalue weighted by atomic mass is 127. The Balaban J connectivity index is 2.14. The van der Waals surface area contributed by atoms with E-state index in [2.05, 4.69) is 41.8 Å². The van der Waals surface area contributed by atoms with Crippen molar-refractivity contribution < 1.29 is 4.39 Å². The van der Waals surface area contributed by atoms with Gasteiger partial charge in [0, 0.05) is 21.1 Å². The molecule has 2 rings (SSSR count). The standard InChI is InChI=1S/C13H17FINS/c1-13(2)5-6-17-8-12(13)16-11-4-3-9(14)7-10(11)15/h3-4,7,12,16H,5-6,8H2,1-2H3. The molecule has 4 heteroatoms. The summed E-state index contributed by atoms with van der Waals surface area (Å²) in [4.78, 5) is 0. The first-order valence-electron chi connectivity index (χ1n) is 5.78. The zero-order chi connectivity index (χ0) is 12.5. The number of nitrogens with one attached hydrogen (secondary N) is 1. The molecule has 94 valence electrons. The van der Waals surface area contributed by atoms with Crippen molar-refractivity contribution in [2.45, 2.75) is 26.3 Å². The summed E-state index contributed by atoms with van der Waals surface area (Å²) in [5, 5.41) is 3.57. The van der Waals surface area contributed by atoms with E-state index in [1.165, 1.54) is 18.2 Å². The molecule has 0 saturated carbocycles. The van der Waals surface area contributed by atoms with Gasteiger partial charge in [0.05, 0.1) is 0 Å². The Morgan fingerprint density at radius 3 is 2.88 bits per heavy atom. The van der Waals surface area contributed by atoms with Gasteiger partial charge in [-0.05, 0) is 58.4 Å². The van der Waals surface area contributed by atoms with Crippen molar-refractivity contribution in [2.24, 2.45) is 5.41 Å². The SMILES string of the molecule is CC1(C)CCSCC1Nc1ccc(F)cc1I. The molecule has 0 amide bonds. The van der Waals surface area contributed by atoms with Crippen molar-refractivity contribution in [1.29, 1.82) is 0 Å². The summed E-state index contributed by atoms with van der Waals surface area (Å²) >= 11 is 4.18. The Morgan fingerprint density at radius 2 is 2.24 bits per heavy atom. The van der Waals surface area contributed by atoms with Crippen molar-refractivity contribution in [1.82, 2.24) is 0 Å². The van der Waals surface area contributed by atoms with Crippen LogP contribution in [0.4, 0.5) is 10.1 Å². The third-order valence-electron chi connectivity index (χ3n) is 3.38. The first-order chi connectivity index (χ1) is 7.99. The highest BCUT2D eigenvalue weighted by Gasteiger charge is 2.32. The molecule has 17 heavy (non-hydrogen) atoms. The van der Waals surface area contributed by atoms with Crippen molar-refractivity contribution >= 4 is 40.0 Å². The predicted octanol–water partition coefficient (Wildman–Crippen LogP) is 4.37. The molecule has 0 aromatic heterocycles. The van der Waals surface area contributed by atoms with Crippen LogP contribution >= 0.6 is 34.4 Å². The lowest BCUT2D eigenvalue weighted by Gasteiger charge is -2.39. The summed E-state index contributed by atoms with van der Waals surface area (Å²) < 4.78 is 14.0. The van der Waals surface area contributed by atoms with Crippen molar-refractivity contribution in [2.75, 3.05) is 16.8 Å². The van der Waals surface area contributed by atoms with Gasteiger partial charge in [0.1, 0.15) is 5.82 Å². The average Bonchev–Trinajstić information content (AvgIpc) is 2.24. The van der Waals surface area contributed by atoms with Crippen LogP contribution in [0.25, 0.3) is 0 Å². The van der Waals surface area contributed by atoms with Gasteiger partial charge in [0.25, 0.3) is 0 Å². The molecule has 1 nitrogen and oxygen atoms in total. The number of thioether (sulfide) groups is 1. The molecule has 1 saturated heterocycles. The van der Waals surface area contributed by atoms with E-state index in [-0.39, 0.29) is 5.82 Å². The van der Waals surface area contributed by atoms with E-state index in [4.69, 9.17) is 0 Å². The Morgan fingerprint density at radius 1 is 1.47 bits per heavy atom. The Bertz CT molecular complexity index is 408. The first-order valence-corrected chi connectivity index (χ1v) is 8.02. The van der Waals surface area contributed by atoms with Gasteiger partial charge in [0.15, 0.2) is 0 Å². The Hall–Kier alpha value is 0.0300. The van der Waals surface area contributed by atoms with Crippen LogP contribution in [0.2, 0.25) is 0 Å². The van der Waals surface area contributed by atoms with E-state index in [9.17, 15) is 4.39 Å². The molecule has 1 unspecified atom stereocenters. The maximum Gasteiger partial charge on any atom is 0.124 e. The molecular weight excluding hydrogens is 348 g/mol. The monoisotopic (exact) mass is 365 g/mol. The second kappa shape index (κ2) is 5.34. The lowest BCUT2D eigenvalue weighted by Crippen LogP contribution is -2.41. The fourth-order valence-corrected chi connectivity index (χ4v) is 4.21. The van der Waals surface area contributed by atoms with Crippen molar-refractivity contribution in [3.8, 4) is 0 Å². The molecule has 1 atom stereocenters. The summed E-state index contributed by atoms with van der Waals surface area (Å²) in [5.74, 6) is 2.20. The van der Waals surface area contributed by atoms with Crippen molar-refractivity contribution in [3.63, 3.8) is 0 Å². The topological polar surface area (TPSA) is 12.0 Å². The van der Waals surface area contributed by atoms with Crippen molar-refractivity contribution in [3.05, 3.63) is 27.6 Å². The minimum absolute atomic E-state index is 0.169.